The molecule has 1 aromatic carbocycles. The predicted octanol–water partition coefficient (Wildman–Crippen LogP) is 2.95. The Hall–Kier alpha value is -1.40. The van der Waals surface area contributed by atoms with E-state index in [-0.39, 0.29) is 23.6 Å². The van der Waals surface area contributed by atoms with Gasteiger partial charge in [-0.25, -0.2) is 12.7 Å². The fraction of sp³-hybridized carbons (Fsp3) is 0.632. The van der Waals surface area contributed by atoms with E-state index in [4.69, 9.17) is 0 Å². The van der Waals surface area contributed by atoms with Crippen LogP contribution in [0.25, 0.3) is 0 Å². The van der Waals surface area contributed by atoms with Crippen molar-refractivity contribution in [2.45, 2.75) is 46.1 Å². The first-order chi connectivity index (χ1) is 11.8. The molecule has 1 aromatic rings. The summed E-state index contributed by atoms with van der Waals surface area (Å²) in [4.78, 5) is 12.7. The van der Waals surface area contributed by atoms with E-state index >= 15 is 0 Å². The Labute approximate surface area is 151 Å². The summed E-state index contributed by atoms with van der Waals surface area (Å²) in [5.41, 5.74) is 1.12. The molecule has 0 spiro atoms. The fourth-order valence-electron chi connectivity index (χ4n) is 3.30. The molecule has 0 saturated carbocycles. The Kier molecular flexibility index (Phi) is 7.02. The summed E-state index contributed by atoms with van der Waals surface area (Å²) < 4.78 is 25.4. The molecule has 1 heterocycles. The summed E-state index contributed by atoms with van der Waals surface area (Å²) in [6.07, 6.45) is 2.07. The van der Waals surface area contributed by atoms with Crippen molar-refractivity contribution in [3.63, 3.8) is 0 Å². The van der Waals surface area contributed by atoms with E-state index in [1.165, 1.54) is 4.31 Å². The van der Waals surface area contributed by atoms with E-state index < -0.39 is 10.0 Å². The molecular weight excluding hydrogens is 336 g/mol. The van der Waals surface area contributed by atoms with Crippen molar-refractivity contribution in [1.82, 2.24) is 9.62 Å². The number of carbonyl (C=O) groups is 1. The quantitative estimate of drug-likeness (QED) is 0.807. The Balaban J connectivity index is 1.98. The summed E-state index contributed by atoms with van der Waals surface area (Å²) in [5.74, 6) is 0.528. The van der Waals surface area contributed by atoms with Gasteiger partial charge in [0.2, 0.25) is 15.9 Å². The number of nitrogens with one attached hydrogen (secondary N) is 1. The van der Waals surface area contributed by atoms with E-state index in [0.717, 1.165) is 12.0 Å². The van der Waals surface area contributed by atoms with Crippen molar-refractivity contribution in [3.05, 3.63) is 35.9 Å². The van der Waals surface area contributed by atoms with Gasteiger partial charge >= 0.3 is 0 Å². The third-order valence-electron chi connectivity index (χ3n) is 4.81. The molecule has 1 saturated heterocycles. The number of amides is 1. The number of rotatable bonds is 7. The lowest BCUT2D eigenvalue weighted by Gasteiger charge is -2.31. The molecule has 1 amide bonds. The van der Waals surface area contributed by atoms with Crippen molar-refractivity contribution in [2.24, 2.45) is 11.8 Å². The maximum atomic E-state index is 12.7. The van der Waals surface area contributed by atoms with Crippen LogP contribution in [0.4, 0.5) is 0 Å². The average Bonchev–Trinajstić information content (AvgIpc) is 2.61. The highest BCUT2D eigenvalue weighted by molar-refractivity contribution is 7.89. The Morgan fingerprint density at radius 1 is 1.20 bits per heavy atom. The lowest BCUT2D eigenvalue weighted by atomic mass is 9.93. The van der Waals surface area contributed by atoms with Gasteiger partial charge in [-0.1, -0.05) is 44.2 Å². The van der Waals surface area contributed by atoms with Gasteiger partial charge in [0.1, 0.15) is 0 Å². The van der Waals surface area contributed by atoms with Crippen molar-refractivity contribution in [2.75, 3.05) is 18.8 Å². The zero-order valence-corrected chi connectivity index (χ0v) is 16.3. The number of sulfonamides is 1. The van der Waals surface area contributed by atoms with Crippen molar-refractivity contribution >= 4 is 15.9 Å². The van der Waals surface area contributed by atoms with Gasteiger partial charge in [0.15, 0.2) is 0 Å². The minimum Gasteiger partial charge on any atom is -0.349 e. The van der Waals surface area contributed by atoms with E-state index in [0.29, 0.717) is 31.8 Å². The van der Waals surface area contributed by atoms with E-state index in [1.807, 2.05) is 30.3 Å². The standard InChI is InChI=1S/C19H30N2O3S/c1-4-25(23,24)21-12-10-17(11-13-21)19(22)20-18(14-15(2)3)16-8-6-5-7-9-16/h5-9,15,17-18H,4,10-14H2,1-3H3,(H,20,22). The largest absolute Gasteiger partial charge is 0.349 e. The second kappa shape index (κ2) is 8.81. The number of hydrogen-bond donors (Lipinski definition) is 1. The van der Waals surface area contributed by atoms with Crippen LogP contribution in [-0.4, -0.2) is 37.5 Å². The van der Waals surface area contributed by atoms with Gasteiger partial charge in [0.25, 0.3) is 0 Å². The lowest BCUT2D eigenvalue weighted by Crippen LogP contribution is -2.44. The normalized spacial score (nSPS) is 18.2. The van der Waals surface area contributed by atoms with Gasteiger partial charge in [-0.2, -0.15) is 0 Å². The maximum absolute atomic E-state index is 12.7. The highest BCUT2D eigenvalue weighted by Gasteiger charge is 2.31. The Morgan fingerprint density at radius 3 is 2.32 bits per heavy atom. The molecule has 0 aliphatic carbocycles. The molecule has 0 aromatic heterocycles. The monoisotopic (exact) mass is 366 g/mol. The molecule has 2 rings (SSSR count). The maximum Gasteiger partial charge on any atom is 0.223 e. The highest BCUT2D eigenvalue weighted by atomic mass is 32.2. The molecule has 1 unspecified atom stereocenters. The third kappa shape index (κ3) is 5.54. The molecule has 0 radical (unpaired) electrons. The van der Waals surface area contributed by atoms with Gasteiger partial charge in [-0.3, -0.25) is 4.79 Å². The molecule has 140 valence electrons. The molecule has 1 fully saturated rings. The third-order valence-corrected chi connectivity index (χ3v) is 6.69. The highest BCUT2D eigenvalue weighted by Crippen LogP contribution is 2.24. The smallest absolute Gasteiger partial charge is 0.223 e. The van der Waals surface area contributed by atoms with Crippen LogP contribution in [0.5, 0.6) is 0 Å². The minimum absolute atomic E-state index is 0.00565. The summed E-state index contributed by atoms with van der Waals surface area (Å²) in [7, 11) is -3.15. The van der Waals surface area contributed by atoms with Crippen LogP contribution in [0, 0.1) is 11.8 Å². The first-order valence-corrected chi connectivity index (χ1v) is 10.8. The first-order valence-electron chi connectivity index (χ1n) is 9.16. The second-order valence-electron chi connectivity index (χ2n) is 7.18. The van der Waals surface area contributed by atoms with Gasteiger partial charge in [-0.05, 0) is 37.7 Å². The Morgan fingerprint density at radius 2 is 1.80 bits per heavy atom. The second-order valence-corrected chi connectivity index (χ2v) is 9.43. The van der Waals surface area contributed by atoms with Crippen LogP contribution in [0.2, 0.25) is 0 Å². The van der Waals surface area contributed by atoms with Crippen LogP contribution >= 0.6 is 0 Å². The van der Waals surface area contributed by atoms with Gasteiger partial charge < -0.3 is 5.32 Å². The number of carbonyl (C=O) groups excluding carboxylic acids is 1. The molecule has 6 heteroatoms. The topological polar surface area (TPSA) is 66.5 Å². The molecule has 1 N–H and O–H groups in total. The average molecular weight is 367 g/mol. The van der Waals surface area contributed by atoms with Crippen molar-refractivity contribution in [3.8, 4) is 0 Å². The predicted molar refractivity (Wildman–Crippen MR) is 101 cm³/mol. The molecule has 5 nitrogen and oxygen atoms in total. The van der Waals surface area contributed by atoms with Gasteiger partial charge in [-0.15, -0.1) is 0 Å². The zero-order valence-electron chi connectivity index (χ0n) is 15.4. The fourth-order valence-corrected chi connectivity index (χ4v) is 4.44. The minimum atomic E-state index is -3.15. The lowest BCUT2D eigenvalue weighted by molar-refractivity contribution is -0.127. The SMILES string of the molecule is CCS(=O)(=O)N1CCC(C(=O)NC(CC(C)C)c2ccccc2)CC1. The summed E-state index contributed by atoms with van der Waals surface area (Å²) in [6.45, 7) is 6.83. The van der Waals surface area contributed by atoms with Crippen LogP contribution in [-0.2, 0) is 14.8 Å². The molecule has 1 aliphatic heterocycles. The number of piperidine rings is 1. The van der Waals surface area contributed by atoms with Crippen LogP contribution in [0.1, 0.15) is 51.6 Å². The molecular formula is C19H30N2O3S. The number of hydrogen-bond acceptors (Lipinski definition) is 3. The summed E-state index contributed by atoms with van der Waals surface area (Å²) in [5, 5.41) is 3.20. The molecule has 25 heavy (non-hydrogen) atoms. The number of nitrogens with zero attached hydrogens (tertiary/aromatic N) is 1. The molecule has 1 atom stereocenters. The van der Waals surface area contributed by atoms with Crippen molar-refractivity contribution in [1.29, 1.82) is 0 Å². The summed E-state index contributed by atoms with van der Waals surface area (Å²) in [6, 6.07) is 10.0. The van der Waals surface area contributed by atoms with Crippen molar-refractivity contribution < 1.29 is 13.2 Å². The van der Waals surface area contributed by atoms with E-state index in [9.17, 15) is 13.2 Å². The number of benzene rings is 1. The van der Waals surface area contributed by atoms with Crippen LogP contribution in [0.15, 0.2) is 30.3 Å². The van der Waals surface area contributed by atoms with Crippen LogP contribution < -0.4 is 5.32 Å². The van der Waals surface area contributed by atoms with Gasteiger partial charge in [0.05, 0.1) is 11.8 Å². The van der Waals surface area contributed by atoms with E-state index in [1.54, 1.807) is 6.92 Å². The van der Waals surface area contributed by atoms with Gasteiger partial charge in [0, 0.05) is 19.0 Å². The summed E-state index contributed by atoms with van der Waals surface area (Å²) >= 11 is 0. The van der Waals surface area contributed by atoms with E-state index in [2.05, 4.69) is 19.2 Å². The molecule has 0 bridgehead atoms. The first kappa shape index (κ1) is 19.9. The zero-order chi connectivity index (χ0) is 18.4. The van der Waals surface area contributed by atoms with Crippen LogP contribution in [0.3, 0.4) is 0 Å². The Bertz CT molecular complexity index is 651. The molecule has 1 aliphatic rings.